The van der Waals surface area contributed by atoms with Crippen molar-refractivity contribution >= 4 is 0 Å². The third-order valence-corrected chi connectivity index (χ3v) is 0.927. The molecule has 9 heavy (non-hydrogen) atoms. The van der Waals surface area contributed by atoms with Gasteiger partial charge in [0.05, 0.1) is 0 Å². The van der Waals surface area contributed by atoms with Gasteiger partial charge in [-0.15, -0.1) is 12.3 Å². The van der Waals surface area contributed by atoms with Gasteiger partial charge in [-0.3, -0.25) is 10.1 Å². The Balaban J connectivity index is 3.40. The second-order valence-electron chi connectivity index (χ2n) is 2.03. The predicted octanol–water partition coefficient (Wildman–Crippen LogP) is 0.922. The summed E-state index contributed by atoms with van der Waals surface area (Å²) in [5.41, 5.74) is 0. The highest BCUT2D eigenvalue weighted by atomic mass is 16.6. The van der Waals surface area contributed by atoms with Gasteiger partial charge in [0.25, 0.3) is 0 Å². The summed E-state index contributed by atoms with van der Waals surface area (Å²) in [7, 11) is 0. The summed E-state index contributed by atoms with van der Waals surface area (Å²) in [6, 6.07) is 0. The lowest BCUT2D eigenvalue weighted by atomic mass is 10.1. The van der Waals surface area contributed by atoms with E-state index in [0.717, 1.165) is 0 Å². The van der Waals surface area contributed by atoms with Gasteiger partial charge in [-0.2, -0.15) is 0 Å². The van der Waals surface area contributed by atoms with Crippen LogP contribution in [0.15, 0.2) is 0 Å². The number of nitro groups is 1. The lowest BCUT2D eigenvalue weighted by Gasteiger charge is -1.98. The van der Waals surface area contributed by atoms with Crippen LogP contribution in [0.25, 0.3) is 0 Å². The molecule has 0 fully saturated rings. The van der Waals surface area contributed by atoms with Crippen LogP contribution >= 0.6 is 0 Å². The summed E-state index contributed by atoms with van der Waals surface area (Å²) in [4.78, 5) is 9.48. The number of nitrogens with zero attached hydrogens (tertiary/aromatic N) is 1. The molecule has 0 amide bonds. The molecule has 50 valence electrons. The average Bonchev–Trinajstić information content (AvgIpc) is 1.63. The third-order valence-electron chi connectivity index (χ3n) is 0.927. The van der Waals surface area contributed by atoms with E-state index in [1.54, 1.807) is 6.92 Å². The number of hydrogen-bond donors (Lipinski definition) is 0. The highest BCUT2D eigenvalue weighted by molar-refractivity contribution is 4.85. The van der Waals surface area contributed by atoms with E-state index in [1.165, 1.54) is 0 Å². The van der Waals surface area contributed by atoms with Gasteiger partial charge in [0.15, 0.2) is 0 Å². The maximum absolute atomic E-state index is 9.82. The van der Waals surface area contributed by atoms with Crippen LogP contribution in [0.1, 0.15) is 13.3 Å². The van der Waals surface area contributed by atoms with Crippen molar-refractivity contribution in [1.82, 2.24) is 0 Å². The van der Waals surface area contributed by atoms with Crippen molar-refractivity contribution in [2.75, 3.05) is 6.54 Å². The highest BCUT2D eigenvalue weighted by Crippen LogP contribution is 1.98. The lowest BCUT2D eigenvalue weighted by molar-refractivity contribution is -0.487. The molecule has 0 radical (unpaired) electrons. The van der Waals surface area contributed by atoms with Crippen LogP contribution in [0.3, 0.4) is 0 Å². The first-order valence-corrected chi connectivity index (χ1v) is 2.72. The molecule has 1 atom stereocenters. The molecule has 0 saturated heterocycles. The van der Waals surface area contributed by atoms with Gasteiger partial charge in [-0.25, -0.2) is 0 Å². The van der Waals surface area contributed by atoms with E-state index >= 15 is 0 Å². The molecule has 0 rings (SSSR count). The standard InChI is InChI=1S/C6H9NO2/c1-3-4-6(2)5-7(8)9/h1,6H,4-5H2,2H3/t6-/m0/s1. The van der Waals surface area contributed by atoms with E-state index in [4.69, 9.17) is 6.42 Å². The van der Waals surface area contributed by atoms with Crippen molar-refractivity contribution in [2.24, 2.45) is 5.92 Å². The van der Waals surface area contributed by atoms with Crippen molar-refractivity contribution in [3.63, 3.8) is 0 Å². The first kappa shape index (κ1) is 7.96. The normalized spacial score (nSPS) is 12.0. The molecule has 0 aromatic heterocycles. The molecule has 0 aromatic rings. The highest BCUT2D eigenvalue weighted by Gasteiger charge is 2.05. The Morgan fingerprint density at radius 1 is 1.89 bits per heavy atom. The monoisotopic (exact) mass is 127 g/mol. The van der Waals surface area contributed by atoms with Gasteiger partial charge in [-0.05, 0) is 0 Å². The zero-order valence-corrected chi connectivity index (χ0v) is 5.33. The third kappa shape index (κ3) is 4.82. The molecular weight excluding hydrogens is 118 g/mol. The van der Waals surface area contributed by atoms with Gasteiger partial charge in [0, 0.05) is 17.3 Å². The Kier molecular flexibility index (Phi) is 3.45. The van der Waals surface area contributed by atoms with Crippen molar-refractivity contribution in [1.29, 1.82) is 0 Å². The fraction of sp³-hybridized carbons (Fsp3) is 0.667. The average molecular weight is 127 g/mol. The van der Waals surface area contributed by atoms with Crippen LogP contribution in [0, 0.1) is 28.4 Å². The molecule has 0 heterocycles. The number of terminal acetylenes is 1. The Morgan fingerprint density at radius 2 is 2.44 bits per heavy atom. The van der Waals surface area contributed by atoms with Crippen molar-refractivity contribution in [3.05, 3.63) is 10.1 Å². The molecule has 0 aliphatic carbocycles. The van der Waals surface area contributed by atoms with Crippen LogP contribution in [0.5, 0.6) is 0 Å². The van der Waals surface area contributed by atoms with Gasteiger partial charge < -0.3 is 0 Å². The van der Waals surface area contributed by atoms with Gasteiger partial charge >= 0.3 is 0 Å². The van der Waals surface area contributed by atoms with Crippen LogP contribution < -0.4 is 0 Å². The summed E-state index contributed by atoms with van der Waals surface area (Å²) < 4.78 is 0. The van der Waals surface area contributed by atoms with E-state index in [1.807, 2.05) is 0 Å². The second-order valence-corrected chi connectivity index (χ2v) is 2.03. The van der Waals surface area contributed by atoms with Crippen molar-refractivity contribution in [3.8, 4) is 12.3 Å². The first-order valence-electron chi connectivity index (χ1n) is 2.72. The molecule has 0 aliphatic heterocycles. The van der Waals surface area contributed by atoms with Crippen LogP contribution in [0.2, 0.25) is 0 Å². The molecule has 0 aromatic carbocycles. The Bertz CT molecular complexity index is 136. The van der Waals surface area contributed by atoms with E-state index in [0.29, 0.717) is 6.42 Å². The van der Waals surface area contributed by atoms with E-state index in [2.05, 4.69) is 5.92 Å². The summed E-state index contributed by atoms with van der Waals surface area (Å²) >= 11 is 0. The minimum Gasteiger partial charge on any atom is -0.265 e. The lowest BCUT2D eigenvalue weighted by Crippen LogP contribution is -2.09. The quantitative estimate of drug-likeness (QED) is 0.321. The van der Waals surface area contributed by atoms with E-state index in [-0.39, 0.29) is 17.4 Å². The first-order chi connectivity index (χ1) is 4.16. The molecule has 0 spiro atoms. The zero-order chi connectivity index (χ0) is 7.28. The summed E-state index contributed by atoms with van der Waals surface area (Å²) in [6.07, 6.45) is 5.42. The van der Waals surface area contributed by atoms with Crippen LogP contribution in [0.4, 0.5) is 0 Å². The maximum atomic E-state index is 9.82. The fourth-order valence-electron chi connectivity index (χ4n) is 0.520. The summed E-state index contributed by atoms with van der Waals surface area (Å²) in [5.74, 6) is 2.37. The Hall–Kier alpha value is -1.04. The Morgan fingerprint density at radius 3 is 2.78 bits per heavy atom. The minimum absolute atomic E-state index is 0.00463. The molecule has 0 bridgehead atoms. The second kappa shape index (κ2) is 3.90. The zero-order valence-electron chi connectivity index (χ0n) is 5.33. The van der Waals surface area contributed by atoms with Gasteiger partial charge in [-0.1, -0.05) is 6.92 Å². The number of hydrogen-bond acceptors (Lipinski definition) is 2. The van der Waals surface area contributed by atoms with Crippen LogP contribution in [-0.2, 0) is 0 Å². The smallest absolute Gasteiger partial charge is 0.207 e. The Labute approximate surface area is 54.2 Å². The molecule has 0 N–H and O–H groups in total. The molecule has 0 unspecified atom stereocenters. The van der Waals surface area contributed by atoms with Crippen molar-refractivity contribution < 1.29 is 4.92 Å². The van der Waals surface area contributed by atoms with Gasteiger partial charge in [0.2, 0.25) is 6.54 Å². The minimum atomic E-state index is -0.345. The topological polar surface area (TPSA) is 43.1 Å². The summed E-state index contributed by atoms with van der Waals surface area (Å²) in [5, 5.41) is 9.82. The van der Waals surface area contributed by atoms with Crippen molar-refractivity contribution in [2.45, 2.75) is 13.3 Å². The maximum Gasteiger partial charge on any atom is 0.207 e. The molecule has 3 nitrogen and oxygen atoms in total. The molecule has 0 saturated carbocycles. The number of rotatable bonds is 3. The van der Waals surface area contributed by atoms with Crippen LogP contribution in [-0.4, -0.2) is 11.5 Å². The molecule has 0 aliphatic rings. The van der Waals surface area contributed by atoms with E-state index in [9.17, 15) is 10.1 Å². The molecule has 3 heteroatoms. The van der Waals surface area contributed by atoms with Gasteiger partial charge in [0.1, 0.15) is 0 Å². The van der Waals surface area contributed by atoms with E-state index < -0.39 is 0 Å². The largest absolute Gasteiger partial charge is 0.265 e. The predicted molar refractivity (Wildman–Crippen MR) is 34.5 cm³/mol. The SMILES string of the molecule is C#CC[C@H](C)C[N+](=O)[O-]. The fourth-order valence-corrected chi connectivity index (χ4v) is 0.520. The summed E-state index contributed by atoms with van der Waals surface area (Å²) in [6.45, 7) is 1.74. The molecular formula is C6H9NO2.